The zero-order chi connectivity index (χ0) is 19.8. The third-order valence-electron chi connectivity index (χ3n) is 4.20. The number of benzene rings is 1. The van der Waals surface area contributed by atoms with Crippen LogP contribution in [0, 0.1) is 6.92 Å². The summed E-state index contributed by atoms with van der Waals surface area (Å²) in [5.74, 6) is 0.809. The van der Waals surface area contributed by atoms with Gasteiger partial charge in [-0.25, -0.2) is 9.97 Å². The topological polar surface area (TPSA) is 98.7 Å². The van der Waals surface area contributed by atoms with Crippen LogP contribution in [-0.2, 0) is 0 Å². The van der Waals surface area contributed by atoms with Gasteiger partial charge in [-0.3, -0.25) is 9.78 Å². The lowest BCUT2D eigenvalue weighted by molar-refractivity contribution is 0.102. The average Bonchev–Trinajstić information content (AvgIpc) is 3.48. The molecular formula is C20H14N6O2S. The number of hydrogen-bond donors (Lipinski definition) is 1. The van der Waals surface area contributed by atoms with E-state index in [1.165, 1.54) is 17.5 Å². The third-order valence-corrected chi connectivity index (χ3v) is 5.02. The van der Waals surface area contributed by atoms with E-state index in [-0.39, 0.29) is 11.6 Å². The number of para-hydroxylation sites is 2. The Morgan fingerprint density at radius 2 is 2.00 bits per heavy atom. The number of aromatic nitrogens is 5. The monoisotopic (exact) mass is 402 g/mol. The summed E-state index contributed by atoms with van der Waals surface area (Å²) in [6.45, 7) is 1.85. The van der Waals surface area contributed by atoms with Crippen LogP contribution in [0.4, 0.5) is 5.82 Å². The number of anilines is 1. The van der Waals surface area contributed by atoms with Gasteiger partial charge in [-0.1, -0.05) is 12.1 Å². The molecule has 8 nitrogen and oxygen atoms in total. The van der Waals surface area contributed by atoms with Gasteiger partial charge in [-0.2, -0.15) is 9.78 Å². The van der Waals surface area contributed by atoms with Crippen LogP contribution in [0.1, 0.15) is 16.2 Å². The predicted octanol–water partition coefficient (Wildman–Crippen LogP) is 4.09. The van der Waals surface area contributed by atoms with Crippen LogP contribution in [0.5, 0.6) is 0 Å². The molecule has 0 saturated carbocycles. The molecule has 9 heteroatoms. The van der Waals surface area contributed by atoms with Gasteiger partial charge in [0.1, 0.15) is 17.2 Å². The number of furan rings is 1. The molecule has 0 aliphatic carbocycles. The first-order valence-corrected chi connectivity index (χ1v) is 9.65. The van der Waals surface area contributed by atoms with Gasteiger partial charge in [0.2, 0.25) is 5.13 Å². The summed E-state index contributed by atoms with van der Waals surface area (Å²) in [7, 11) is 0. The number of rotatable bonds is 4. The van der Waals surface area contributed by atoms with E-state index in [1.54, 1.807) is 17.0 Å². The van der Waals surface area contributed by atoms with Gasteiger partial charge in [0, 0.05) is 11.4 Å². The molecule has 1 amide bonds. The minimum atomic E-state index is -0.368. The number of fused-ring (bicyclic) bond motifs is 1. The number of nitrogens with one attached hydrogen (secondary N) is 1. The van der Waals surface area contributed by atoms with Crippen molar-refractivity contribution in [3.05, 3.63) is 71.7 Å². The molecule has 1 aromatic carbocycles. The lowest BCUT2D eigenvalue weighted by atomic mass is 10.3. The average molecular weight is 402 g/mol. The molecular weight excluding hydrogens is 388 g/mol. The molecule has 0 fully saturated rings. The van der Waals surface area contributed by atoms with Crippen LogP contribution in [0.3, 0.4) is 0 Å². The summed E-state index contributed by atoms with van der Waals surface area (Å²) >= 11 is 1.40. The normalized spacial score (nSPS) is 11.1. The molecule has 5 rings (SSSR count). The van der Waals surface area contributed by atoms with Crippen molar-refractivity contribution in [2.24, 2.45) is 0 Å². The number of carbonyl (C=O) groups is 1. The maximum Gasteiger partial charge on any atom is 0.277 e. The van der Waals surface area contributed by atoms with Crippen molar-refractivity contribution < 1.29 is 9.21 Å². The predicted molar refractivity (Wildman–Crippen MR) is 109 cm³/mol. The Morgan fingerprint density at radius 3 is 2.83 bits per heavy atom. The molecule has 0 aliphatic rings. The van der Waals surface area contributed by atoms with Crippen LogP contribution in [0.25, 0.3) is 27.6 Å². The number of nitrogens with zero attached hydrogens (tertiary/aromatic N) is 5. The first-order chi connectivity index (χ1) is 14.2. The second-order valence-corrected chi connectivity index (χ2v) is 7.11. The number of aryl methyl sites for hydroxylation is 1. The van der Waals surface area contributed by atoms with Crippen molar-refractivity contribution in [2.45, 2.75) is 6.92 Å². The highest BCUT2D eigenvalue weighted by atomic mass is 32.1. The highest BCUT2D eigenvalue weighted by Gasteiger charge is 2.17. The number of amides is 1. The Hall–Kier alpha value is -3.85. The largest absolute Gasteiger partial charge is 0.463 e. The van der Waals surface area contributed by atoms with Crippen LogP contribution in [0.2, 0.25) is 0 Å². The highest BCUT2D eigenvalue weighted by Crippen LogP contribution is 2.26. The SMILES string of the molecule is Cc1cc(NC(=O)c2cnc3ccccc3n2)n(-c2nc(-c3ccco3)cs2)n1. The molecule has 29 heavy (non-hydrogen) atoms. The summed E-state index contributed by atoms with van der Waals surface area (Å²) in [6, 6.07) is 12.8. The molecule has 0 spiro atoms. The zero-order valence-electron chi connectivity index (χ0n) is 15.2. The van der Waals surface area contributed by atoms with Crippen molar-refractivity contribution in [1.29, 1.82) is 0 Å². The van der Waals surface area contributed by atoms with Gasteiger partial charge < -0.3 is 9.73 Å². The fraction of sp³-hybridized carbons (Fsp3) is 0.0500. The maximum atomic E-state index is 12.8. The summed E-state index contributed by atoms with van der Waals surface area (Å²) in [5.41, 5.74) is 3.08. The van der Waals surface area contributed by atoms with Gasteiger partial charge in [0.25, 0.3) is 5.91 Å². The lowest BCUT2D eigenvalue weighted by Gasteiger charge is -2.06. The van der Waals surface area contributed by atoms with Crippen molar-refractivity contribution in [3.8, 4) is 16.6 Å². The Balaban J connectivity index is 1.45. The van der Waals surface area contributed by atoms with Gasteiger partial charge in [-0.05, 0) is 31.2 Å². The summed E-state index contributed by atoms with van der Waals surface area (Å²) < 4.78 is 6.99. The molecule has 0 atom stereocenters. The van der Waals surface area contributed by atoms with Crippen LogP contribution in [-0.4, -0.2) is 30.6 Å². The first-order valence-electron chi connectivity index (χ1n) is 8.77. The number of carbonyl (C=O) groups excluding carboxylic acids is 1. The van der Waals surface area contributed by atoms with Crippen molar-refractivity contribution in [2.75, 3.05) is 5.32 Å². The smallest absolute Gasteiger partial charge is 0.277 e. The van der Waals surface area contributed by atoms with Crippen molar-refractivity contribution >= 4 is 34.1 Å². The molecule has 4 heterocycles. The summed E-state index contributed by atoms with van der Waals surface area (Å²) in [5, 5.41) is 9.81. The Morgan fingerprint density at radius 1 is 1.14 bits per heavy atom. The Kier molecular flexibility index (Phi) is 4.14. The molecule has 0 radical (unpaired) electrons. The second-order valence-electron chi connectivity index (χ2n) is 6.27. The number of thiazole rings is 1. The number of hydrogen-bond acceptors (Lipinski definition) is 7. The van der Waals surface area contributed by atoms with E-state index in [2.05, 4.69) is 25.4 Å². The summed E-state index contributed by atoms with van der Waals surface area (Å²) in [4.78, 5) is 26.0. The molecule has 5 aromatic rings. The fourth-order valence-corrected chi connectivity index (χ4v) is 3.66. The Labute approximate surface area is 168 Å². The maximum absolute atomic E-state index is 12.8. The van der Waals surface area contributed by atoms with E-state index in [9.17, 15) is 4.79 Å². The zero-order valence-corrected chi connectivity index (χ0v) is 16.1. The van der Waals surface area contributed by atoms with Crippen molar-refractivity contribution in [3.63, 3.8) is 0 Å². The summed E-state index contributed by atoms with van der Waals surface area (Å²) in [6.07, 6.45) is 3.06. The molecule has 0 saturated heterocycles. The van der Waals surface area contributed by atoms with E-state index < -0.39 is 0 Å². The molecule has 142 valence electrons. The molecule has 0 unspecified atom stereocenters. The minimum absolute atomic E-state index is 0.226. The van der Waals surface area contributed by atoms with Crippen molar-refractivity contribution in [1.82, 2.24) is 24.7 Å². The third kappa shape index (κ3) is 3.27. The standard InChI is InChI=1S/C20H14N6O2S/c1-12-9-18(24-19(27)15-10-21-13-5-2-3-6-14(13)22-15)26(25-12)20-23-16(11-29-20)17-7-4-8-28-17/h2-11H,1H3,(H,24,27). The van der Waals surface area contributed by atoms with E-state index in [0.29, 0.717) is 27.9 Å². The van der Waals surface area contributed by atoms with Gasteiger partial charge >= 0.3 is 0 Å². The molecule has 1 N–H and O–H groups in total. The van der Waals surface area contributed by atoms with E-state index in [0.717, 1.165) is 11.2 Å². The molecule has 0 bridgehead atoms. The fourth-order valence-electron chi connectivity index (χ4n) is 2.88. The van der Waals surface area contributed by atoms with Gasteiger partial charge in [0.05, 0.1) is 29.2 Å². The van der Waals surface area contributed by atoms with E-state index in [1.807, 2.05) is 48.7 Å². The van der Waals surface area contributed by atoms with Gasteiger partial charge in [-0.15, -0.1) is 11.3 Å². The highest BCUT2D eigenvalue weighted by molar-refractivity contribution is 7.12. The second kappa shape index (κ2) is 6.95. The first kappa shape index (κ1) is 17.3. The Bertz CT molecular complexity index is 1320. The molecule has 4 aromatic heterocycles. The van der Waals surface area contributed by atoms with Gasteiger partial charge in [0.15, 0.2) is 5.76 Å². The quantitative estimate of drug-likeness (QED) is 0.486. The van der Waals surface area contributed by atoms with Crippen LogP contribution in [0.15, 0.2) is 64.7 Å². The minimum Gasteiger partial charge on any atom is -0.463 e. The van der Waals surface area contributed by atoms with E-state index in [4.69, 9.17) is 4.42 Å². The van der Waals surface area contributed by atoms with Crippen LogP contribution < -0.4 is 5.32 Å². The molecule has 0 aliphatic heterocycles. The van der Waals surface area contributed by atoms with Crippen LogP contribution >= 0.6 is 11.3 Å². The van der Waals surface area contributed by atoms with E-state index >= 15 is 0 Å². The lowest BCUT2D eigenvalue weighted by Crippen LogP contribution is -2.16.